The summed E-state index contributed by atoms with van der Waals surface area (Å²) in [4.78, 5) is 12.0. The van der Waals surface area contributed by atoms with Crippen molar-refractivity contribution in [2.24, 2.45) is 0 Å². The number of ether oxygens (including phenoxy) is 1. The topological polar surface area (TPSA) is 35.5 Å². The van der Waals surface area contributed by atoms with Gasteiger partial charge in [0.2, 0.25) is 0 Å². The first kappa shape index (κ1) is 18.7. The molecule has 122 valence electrons. The Morgan fingerprint density at radius 2 is 1.64 bits per heavy atom. The zero-order chi connectivity index (χ0) is 16.8. The average molecular weight is 321 g/mol. The lowest BCUT2D eigenvalue weighted by atomic mass is 10.0. The number of carbonyl (C=O) groups is 1. The molecule has 0 fully saturated rings. The Hall–Kier alpha value is -1.39. The molecule has 1 aromatic rings. The van der Waals surface area contributed by atoms with Crippen molar-refractivity contribution in [3.8, 4) is 0 Å². The summed E-state index contributed by atoms with van der Waals surface area (Å²) in [6.07, 6.45) is -0.417. The Bertz CT molecular complexity index is 495. The van der Waals surface area contributed by atoms with E-state index < -0.39 is 20.4 Å². The van der Waals surface area contributed by atoms with Gasteiger partial charge in [-0.2, -0.15) is 0 Å². The maximum atomic E-state index is 12.0. The number of methoxy groups -OCH3 is 1. The largest absolute Gasteiger partial charge is 0.466 e. The van der Waals surface area contributed by atoms with Crippen LogP contribution < -0.4 is 0 Å². The lowest BCUT2D eigenvalue weighted by molar-refractivity contribution is -0.137. The molecule has 0 amide bonds. The second kappa shape index (κ2) is 8.29. The van der Waals surface area contributed by atoms with E-state index in [1.165, 1.54) is 12.7 Å². The molecule has 3 nitrogen and oxygen atoms in total. The highest BCUT2D eigenvalue weighted by Crippen LogP contribution is 2.34. The Morgan fingerprint density at radius 3 is 2.05 bits per heavy atom. The third kappa shape index (κ3) is 4.30. The summed E-state index contributed by atoms with van der Waals surface area (Å²) in [6, 6.07) is 11.2. The summed E-state index contributed by atoms with van der Waals surface area (Å²) in [7, 11) is -0.488. The molecular weight excluding hydrogens is 292 g/mol. The molecule has 0 aliphatic heterocycles. The smallest absolute Gasteiger partial charge is 0.336 e. The van der Waals surface area contributed by atoms with E-state index in [4.69, 9.17) is 9.16 Å². The van der Waals surface area contributed by atoms with Gasteiger partial charge in [-0.1, -0.05) is 57.2 Å². The second-order valence-corrected chi connectivity index (χ2v) is 10.4. The maximum absolute atomic E-state index is 12.0. The van der Waals surface area contributed by atoms with Crippen molar-refractivity contribution in [2.45, 2.75) is 51.9 Å². The minimum Gasteiger partial charge on any atom is -0.466 e. The summed E-state index contributed by atoms with van der Waals surface area (Å²) in [5.41, 5.74) is 2.52. The van der Waals surface area contributed by atoms with Crippen LogP contribution >= 0.6 is 0 Å². The zero-order valence-corrected chi connectivity index (χ0v) is 15.4. The molecule has 22 heavy (non-hydrogen) atoms. The van der Waals surface area contributed by atoms with Crippen molar-refractivity contribution in [3.05, 3.63) is 47.5 Å². The first-order valence-corrected chi connectivity index (χ1v) is 10.5. The predicted octanol–water partition coefficient (Wildman–Crippen LogP) is 4.79. The number of hydrogen-bond donors (Lipinski definition) is 0. The van der Waals surface area contributed by atoms with Gasteiger partial charge < -0.3 is 9.16 Å². The van der Waals surface area contributed by atoms with Crippen LogP contribution in [-0.2, 0) is 14.0 Å². The Labute approximate surface area is 135 Å². The van der Waals surface area contributed by atoms with E-state index in [1.807, 2.05) is 31.2 Å². The van der Waals surface area contributed by atoms with E-state index in [0.29, 0.717) is 5.57 Å². The highest BCUT2D eigenvalue weighted by molar-refractivity contribution is 6.73. The molecule has 0 aliphatic carbocycles. The van der Waals surface area contributed by atoms with Crippen LogP contribution in [0.4, 0.5) is 0 Å². The van der Waals surface area contributed by atoms with Gasteiger partial charge in [-0.05, 0) is 30.6 Å². The molecule has 0 saturated carbocycles. The van der Waals surface area contributed by atoms with E-state index in [-0.39, 0.29) is 0 Å². The highest BCUT2D eigenvalue weighted by Gasteiger charge is 2.35. The van der Waals surface area contributed by atoms with Crippen LogP contribution in [0.2, 0.25) is 18.1 Å². The van der Waals surface area contributed by atoms with Gasteiger partial charge in [-0.25, -0.2) is 4.79 Å². The molecule has 0 heterocycles. The van der Waals surface area contributed by atoms with E-state index in [2.05, 4.69) is 27.4 Å². The molecule has 0 spiro atoms. The van der Waals surface area contributed by atoms with Crippen molar-refractivity contribution >= 4 is 14.3 Å². The van der Waals surface area contributed by atoms with Gasteiger partial charge in [0.15, 0.2) is 8.32 Å². The minimum absolute atomic E-state index is 0.374. The quantitative estimate of drug-likeness (QED) is 0.392. The predicted molar refractivity (Wildman–Crippen MR) is 93.4 cm³/mol. The molecule has 4 heteroatoms. The van der Waals surface area contributed by atoms with Crippen LogP contribution in [-0.4, -0.2) is 21.4 Å². The minimum atomic E-state index is -1.87. The summed E-state index contributed by atoms with van der Waals surface area (Å²) in [6.45, 7) is 12.5. The maximum Gasteiger partial charge on any atom is 0.336 e. The lowest BCUT2D eigenvalue weighted by Crippen LogP contribution is -2.38. The van der Waals surface area contributed by atoms with Crippen molar-refractivity contribution in [1.29, 1.82) is 0 Å². The van der Waals surface area contributed by atoms with Gasteiger partial charge in [0.05, 0.1) is 12.7 Å². The van der Waals surface area contributed by atoms with Crippen LogP contribution in [0.3, 0.4) is 0 Å². The van der Waals surface area contributed by atoms with E-state index >= 15 is 0 Å². The molecule has 0 N–H and O–H groups in total. The second-order valence-electron chi connectivity index (χ2n) is 5.67. The normalized spacial score (nSPS) is 12.8. The SMILES string of the molecule is C=C(C(=O)OC)C(O[Si](CC)(CC)CC)c1ccc(C)cc1. The fourth-order valence-electron chi connectivity index (χ4n) is 2.57. The monoisotopic (exact) mass is 320 g/mol. The van der Waals surface area contributed by atoms with Crippen LogP contribution in [0, 0.1) is 6.92 Å². The molecule has 0 saturated heterocycles. The molecule has 1 rings (SSSR count). The summed E-state index contributed by atoms with van der Waals surface area (Å²) in [5.74, 6) is -0.406. The zero-order valence-electron chi connectivity index (χ0n) is 14.4. The van der Waals surface area contributed by atoms with Crippen molar-refractivity contribution in [3.63, 3.8) is 0 Å². The third-order valence-corrected chi connectivity index (χ3v) is 9.05. The van der Waals surface area contributed by atoms with Gasteiger partial charge in [0.1, 0.15) is 6.10 Å². The molecule has 0 bridgehead atoms. The number of benzene rings is 1. The number of hydrogen-bond acceptors (Lipinski definition) is 3. The molecule has 1 atom stereocenters. The number of rotatable bonds is 8. The number of aryl methyl sites for hydroxylation is 1. The van der Waals surface area contributed by atoms with E-state index in [9.17, 15) is 4.79 Å². The molecule has 1 unspecified atom stereocenters. The van der Waals surface area contributed by atoms with Crippen LogP contribution in [0.15, 0.2) is 36.4 Å². The average Bonchev–Trinajstić information content (AvgIpc) is 2.56. The lowest BCUT2D eigenvalue weighted by Gasteiger charge is -2.34. The fraction of sp³-hybridized carbons (Fsp3) is 0.500. The molecule has 1 aromatic carbocycles. The summed E-state index contributed by atoms with van der Waals surface area (Å²) >= 11 is 0. The van der Waals surface area contributed by atoms with Crippen LogP contribution in [0.1, 0.15) is 38.0 Å². The standard InChI is InChI=1S/C18H28O3Si/c1-7-22(8-2,9-3)21-17(15(5)18(19)20-6)16-12-10-14(4)11-13-16/h10-13,17H,5,7-9H2,1-4,6H3. The van der Waals surface area contributed by atoms with Gasteiger partial charge in [0, 0.05) is 0 Å². The van der Waals surface area contributed by atoms with Gasteiger partial charge >= 0.3 is 5.97 Å². The van der Waals surface area contributed by atoms with Crippen molar-refractivity contribution in [2.75, 3.05) is 7.11 Å². The summed E-state index contributed by atoms with van der Waals surface area (Å²) in [5, 5.41) is 0. The third-order valence-electron chi connectivity index (χ3n) is 4.45. The van der Waals surface area contributed by atoms with Crippen LogP contribution in [0.5, 0.6) is 0 Å². The van der Waals surface area contributed by atoms with Gasteiger partial charge in [-0.15, -0.1) is 0 Å². The highest BCUT2D eigenvalue weighted by atomic mass is 28.4. The van der Waals surface area contributed by atoms with E-state index in [1.54, 1.807) is 0 Å². The number of esters is 1. The first-order chi connectivity index (χ1) is 10.4. The van der Waals surface area contributed by atoms with Gasteiger partial charge in [0.25, 0.3) is 0 Å². The van der Waals surface area contributed by atoms with Crippen molar-refractivity contribution in [1.82, 2.24) is 0 Å². The fourth-order valence-corrected chi connectivity index (χ4v) is 5.35. The summed E-state index contributed by atoms with van der Waals surface area (Å²) < 4.78 is 11.4. The van der Waals surface area contributed by atoms with E-state index in [0.717, 1.165) is 23.7 Å². The Morgan fingerprint density at radius 1 is 1.14 bits per heavy atom. The van der Waals surface area contributed by atoms with Crippen molar-refractivity contribution < 1.29 is 14.0 Å². The Kier molecular flexibility index (Phi) is 7.03. The number of carbonyl (C=O) groups excluding carboxylic acids is 1. The molecule has 0 radical (unpaired) electrons. The Balaban J connectivity index is 3.19. The van der Waals surface area contributed by atoms with Gasteiger partial charge in [-0.3, -0.25) is 0 Å². The van der Waals surface area contributed by atoms with Crippen LogP contribution in [0.25, 0.3) is 0 Å². The first-order valence-electron chi connectivity index (χ1n) is 7.94. The molecule has 0 aliphatic rings. The molecular formula is C18H28O3Si. The molecule has 0 aromatic heterocycles.